The van der Waals surface area contributed by atoms with Crippen molar-refractivity contribution in [2.24, 2.45) is 0 Å². The van der Waals surface area contributed by atoms with E-state index in [9.17, 15) is 14.9 Å². The van der Waals surface area contributed by atoms with E-state index >= 15 is 0 Å². The highest BCUT2D eigenvalue weighted by atomic mass is 16.6. The molecule has 7 nitrogen and oxygen atoms in total. The average Bonchev–Trinajstić information content (AvgIpc) is 2.44. The lowest BCUT2D eigenvalue weighted by molar-refractivity contribution is -0.385. The molecule has 0 bridgehead atoms. The predicted octanol–water partition coefficient (Wildman–Crippen LogP) is 1.79. The molecular formula is C13H16N4O3. The quantitative estimate of drug-likeness (QED) is 0.608. The fraction of sp³-hybridized carbons (Fsp3) is 0.385. The van der Waals surface area contributed by atoms with Crippen LogP contribution in [0.1, 0.15) is 25.8 Å². The first-order chi connectivity index (χ1) is 9.49. The zero-order valence-electron chi connectivity index (χ0n) is 11.3. The number of nitriles is 1. The lowest BCUT2D eigenvalue weighted by atomic mass is 10.1. The maximum absolute atomic E-state index is 11.7. The molecule has 1 amide bonds. The van der Waals surface area contributed by atoms with Crippen molar-refractivity contribution in [3.8, 4) is 6.07 Å². The summed E-state index contributed by atoms with van der Waals surface area (Å²) in [6, 6.07) is 5.39. The minimum absolute atomic E-state index is 0.0105. The van der Waals surface area contributed by atoms with Gasteiger partial charge in [0.25, 0.3) is 5.69 Å². The van der Waals surface area contributed by atoms with E-state index in [1.807, 2.05) is 6.92 Å². The Morgan fingerprint density at radius 3 is 2.80 bits per heavy atom. The van der Waals surface area contributed by atoms with Crippen molar-refractivity contribution in [1.82, 2.24) is 5.32 Å². The smallest absolute Gasteiger partial charge is 0.289 e. The zero-order chi connectivity index (χ0) is 15.1. The minimum Gasteiger partial charge on any atom is -0.374 e. The molecule has 106 valence electrons. The Morgan fingerprint density at radius 2 is 2.25 bits per heavy atom. The normalized spacial score (nSPS) is 11.2. The summed E-state index contributed by atoms with van der Waals surface area (Å²) in [5.41, 5.74) is 0.136. The van der Waals surface area contributed by atoms with E-state index < -0.39 is 11.0 Å². The molecule has 2 N–H and O–H groups in total. The molecule has 0 aliphatic rings. The summed E-state index contributed by atoms with van der Waals surface area (Å²) < 4.78 is 0. The van der Waals surface area contributed by atoms with E-state index in [0.717, 1.165) is 6.42 Å². The first-order valence-electron chi connectivity index (χ1n) is 6.22. The highest BCUT2D eigenvalue weighted by Gasteiger charge is 2.17. The van der Waals surface area contributed by atoms with Crippen LogP contribution in [-0.2, 0) is 4.79 Å². The number of nitro benzene ring substituents is 1. The van der Waals surface area contributed by atoms with E-state index in [4.69, 9.17) is 5.26 Å². The molecule has 1 atom stereocenters. The highest BCUT2D eigenvalue weighted by molar-refractivity contribution is 5.84. The molecule has 0 saturated carbocycles. The number of rotatable bonds is 6. The fourth-order valence-electron chi connectivity index (χ4n) is 1.58. The van der Waals surface area contributed by atoms with Crippen LogP contribution in [0.2, 0.25) is 0 Å². The molecule has 1 unspecified atom stereocenters. The van der Waals surface area contributed by atoms with Gasteiger partial charge in [0.2, 0.25) is 5.91 Å². The number of anilines is 1. The fourth-order valence-corrected chi connectivity index (χ4v) is 1.58. The number of nitro groups is 1. The maximum atomic E-state index is 11.7. The third-order valence-electron chi connectivity index (χ3n) is 2.64. The molecule has 1 rings (SSSR count). The number of amides is 1. The van der Waals surface area contributed by atoms with Crippen LogP contribution < -0.4 is 10.6 Å². The van der Waals surface area contributed by atoms with Gasteiger partial charge in [-0.1, -0.05) is 6.92 Å². The molecule has 0 fully saturated rings. The van der Waals surface area contributed by atoms with Crippen molar-refractivity contribution in [2.45, 2.75) is 26.3 Å². The molecule has 0 radical (unpaired) electrons. The van der Waals surface area contributed by atoms with Gasteiger partial charge in [-0.2, -0.15) is 5.26 Å². The Labute approximate surface area is 116 Å². The van der Waals surface area contributed by atoms with Crippen LogP contribution in [0.25, 0.3) is 0 Å². The van der Waals surface area contributed by atoms with Crippen LogP contribution in [0.15, 0.2) is 18.2 Å². The van der Waals surface area contributed by atoms with Gasteiger partial charge in [-0.05, 0) is 25.5 Å². The molecule has 0 heterocycles. The summed E-state index contributed by atoms with van der Waals surface area (Å²) in [6.45, 7) is 4.19. The van der Waals surface area contributed by atoms with Gasteiger partial charge in [0.15, 0.2) is 0 Å². The van der Waals surface area contributed by atoms with Crippen molar-refractivity contribution >= 4 is 17.3 Å². The average molecular weight is 276 g/mol. The van der Waals surface area contributed by atoms with Crippen molar-refractivity contribution < 1.29 is 9.72 Å². The Balaban J connectivity index is 2.83. The molecule has 0 aliphatic carbocycles. The van der Waals surface area contributed by atoms with Crippen molar-refractivity contribution in [3.05, 3.63) is 33.9 Å². The third kappa shape index (κ3) is 3.95. The molecule has 0 spiro atoms. The molecule has 0 aromatic heterocycles. The number of benzene rings is 1. The monoisotopic (exact) mass is 276 g/mol. The molecule has 7 heteroatoms. The lowest BCUT2D eigenvalue weighted by Crippen LogP contribution is -2.37. The number of hydrogen-bond donors (Lipinski definition) is 2. The van der Waals surface area contributed by atoms with Crippen LogP contribution in [0.4, 0.5) is 11.4 Å². The van der Waals surface area contributed by atoms with E-state index in [1.165, 1.54) is 18.2 Å². The second-order valence-electron chi connectivity index (χ2n) is 4.26. The SMILES string of the molecule is CCCNC(=O)C(C)Nc1ccc(C#N)c([N+](=O)[O-])c1. The molecule has 0 saturated heterocycles. The number of nitrogens with zero attached hydrogens (tertiary/aromatic N) is 2. The lowest BCUT2D eigenvalue weighted by Gasteiger charge is -2.15. The maximum Gasteiger partial charge on any atom is 0.289 e. The summed E-state index contributed by atoms with van der Waals surface area (Å²) >= 11 is 0. The van der Waals surface area contributed by atoms with Crippen LogP contribution in [0, 0.1) is 21.4 Å². The first kappa shape index (κ1) is 15.4. The van der Waals surface area contributed by atoms with E-state index in [2.05, 4.69) is 10.6 Å². The number of carbonyl (C=O) groups is 1. The van der Waals surface area contributed by atoms with Crippen molar-refractivity contribution in [1.29, 1.82) is 5.26 Å². The second-order valence-corrected chi connectivity index (χ2v) is 4.26. The van der Waals surface area contributed by atoms with Crippen LogP contribution in [-0.4, -0.2) is 23.4 Å². The largest absolute Gasteiger partial charge is 0.374 e. The van der Waals surface area contributed by atoms with Crippen LogP contribution in [0.3, 0.4) is 0 Å². The zero-order valence-corrected chi connectivity index (χ0v) is 11.3. The van der Waals surface area contributed by atoms with E-state index in [-0.39, 0.29) is 17.2 Å². The Morgan fingerprint density at radius 1 is 1.55 bits per heavy atom. The molecular weight excluding hydrogens is 260 g/mol. The minimum atomic E-state index is -0.619. The van der Waals surface area contributed by atoms with Gasteiger partial charge in [-0.25, -0.2) is 0 Å². The summed E-state index contributed by atoms with van der Waals surface area (Å²) in [5, 5.41) is 25.2. The second kappa shape index (κ2) is 7.09. The molecule has 1 aromatic carbocycles. The van der Waals surface area contributed by atoms with E-state index in [1.54, 1.807) is 13.0 Å². The number of nitrogens with one attached hydrogen (secondary N) is 2. The van der Waals surface area contributed by atoms with Gasteiger partial charge < -0.3 is 10.6 Å². The van der Waals surface area contributed by atoms with Gasteiger partial charge in [-0.3, -0.25) is 14.9 Å². The summed E-state index contributed by atoms with van der Waals surface area (Å²) in [5.74, 6) is -0.182. The number of carbonyl (C=O) groups excluding carboxylic acids is 1. The Bertz CT molecular complexity index is 551. The Kier molecular flexibility index (Phi) is 5.47. The molecule has 20 heavy (non-hydrogen) atoms. The highest BCUT2D eigenvalue weighted by Crippen LogP contribution is 2.22. The molecule has 0 aliphatic heterocycles. The summed E-state index contributed by atoms with van der Waals surface area (Å²) in [7, 11) is 0. The van der Waals surface area contributed by atoms with Gasteiger partial charge in [-0.15, -0.1) is 0 Å². The van der Waals surface area contributed by atoms with Gasteiger partial charge >= 0.3 is 0 Å². The van der Waals surface area contributed by atoms with Gasteiger partial charge in [0.1, 0.15) is 17.7 Å². The first-order valence-corrected chi connectivity index (χ1v) is 6.22. The van der Waals surface area contributed by atoms with Crippen LogP contribution >= 0.6 is 0 Å². The van der Waals surface area contributed by atoms with Gasteiger partial charge in [0.05, 0.1) is 4.92 Å². The van der Waals surface area contributed by atoms with Crippen molar-refractivity contribution in [3.63, 3.8) is 0 Å². The van der Waals surface area contributed by atoms with Crippen LogP contribution in [0.5, 0.6) is 0 Å². The predicted molar refractivity (Wildman–Crippen MR) is 74.2 cm³/mol. The van der Waals surface area contributed by atoms with E-state index in [0.29, 0.717) is 12.2 Å². The molecule has 1 aromatic rings. The third-order valence-corrected chi connectivity index (χ3v) is 2.64. The summed E-state index contributed by atoms with van der Waals surface area (Å²) in [4.78, 5) is 21.9. The number of hydrogen-bond acceptors (Lipinski definition) is 5. The topological polar surface area (TPSA) is 108 Å². The summed E-state index contributed by atoms with van der Waals surface area (Å²) in [6.07, 6.45) is 0.834. The standard InChI is InChI=1S/C13H16N4O3/c1-3-6-15-13(18)9(2)16-11-5-4-10(8-14)12(7-11)17(19)20/h4-5,7,9,16H,3,6H2,1-2H3,(H,15,18). The van der Waals surface area contributed by atoms with Gasteiger partial charge in [0, 0.05) is 18.3 Å². The Hall–Kier alpha value is -2.62. The van der Waals surface area contributed by atoms with Crippen molar-refractivity contribution in [2.75, 3.05) is 11.9 Å².